The van der Waals surface area contributed by atoms with Crippen LogP contribution in [0.2, 0.25) is 0 Å². The number of ether oxygens (including phenoxy) is 1. The third kappa shape index (κ3) is 5.92. The van der Waals surface area contributed by atoms with Gasteiger partial charge >= 0.3 is 6.36 Å². The summed E-state index contributed by atoms with van der Waals surface area (Å²) in [4.78, 5) is 16.3. The van der Waals surface area contributed by atoms with Gasteiger partial charge in [-0.1, -0.05) is 12.1 Å². The molecule has 0 bridgehead atoms. The number of carbonyl (C=O) groups is 1. The number of carbonyl (C=O) groups excluding carboxylic acids is 1. The molecule has 10 heteroatoms. The maximum Gasteiger partial charge on any atom is 0.573 e. The molecule has 154 valence electrons. The highest BCUT2D eigenvalue weighted by Crippen LogP contribution is 2.24. The van der Waals surface area contributed by atoms with E-state index in [-0.39, 0.29) is 31.2 Å². The smallest absolute Gasteiger partial charge is 0.406 e. The molecule has 0 atom stereocenters. The molecule has 7 nitrogen and oxygen atoms in total. The van der Waals surface area contributed by atoms with E-state index < -0.39 is 6.36 Å². The van der Waals surface area contributed by atoms with Gasteiger partial charge in [-0.05, 0) is 30.2 Å². The van der Waals surface area contributed by atoms with Gasteiger partial charge in [-0.2, -0.15) is 5.10 Å². The van der Waals surface area contributed by atoms with E-state index in [4.69, 9.17) is 5.11 Å². The minimum atomic E-state index is -4.75. The molecule has 0 aliphatic heterocycles. The second kappa shape index (κ2) is 8.91. The fourth-order valence-corrected chi connectivity index (χ4v) is 2.82. The van der Waals surface area contributed by atoms with Crippen LogP contribution in [0.4, 0.5) is 13.2 Å². The fourth-order valence-electron chi connectivity index (χ4n) is 2.82. The standard InChI is InChI=1S/C19H19F3N4O3/c20-19(21,22)29-14-4-1-3-13(9-14)11-26-12-15-16(25-26)5-7-23-17(15)10-18(28)24-6-2-8-27/h1,3-5,7,9,12,27H,2,6,8,10-11H2,(H,24,28). The number of pyridine rings is 1. The fraction of sp³-hybridized carbons (Fsp3) is 0.316. The van der Waals surface area contributed by atoms with E-state index in [0.29, 0.717) is 35.1 Å². The molecule has 2 heterocycles. The van der Waals surface area contributed by atoms with Crippen LogP contribution in [0.1, 0.15) is 17.7 Å². The molecule has 2 aromatic heterocycles. The van der Waals surface area contributed by atoms with Gasteiger partial charge in [-0.25, -0.2) is 0 Å². The summed E-state index contributed by atoms with van der Waals surface area (Å²) in [5.41, 5.74) is 1.75. The lowest BCUT2D eigenvalue weighted by Gasteiger charge is -2.10. The zero-order chi connectivity index (χ0) is 20.9. The van der Waals surface area contributed by atoms with E-state index in [9.17, 15) is 18.0 Å². The average Bonchev–Trinajstić information content (AvgIpc) is 3.04. The number of fused-ring (bicyclic) bond motifs is 1. The van der Waals surface area contributed by atoms with Crippen LogP contribution in [-0.4, -0.2) is 45.3 Å². The Morgan fingerprint density at radius 3 is 2.86 bits per heavy atom. The van der Waals surface area contributed by atoms with Crippen LogP contribution in [0.5, 0.6) is 5.75 Å². The summed E-state index contributed by atoms with van der Waals surface area (Å²) in [6, 6.07) is 7.37. The Balaban J connectivity index is 1.75. The van der Waals surface area contributed by atoms with Crippen molar-refractivity contribution in [1.82, 2.24) is 20.1 Å². The van der Waals surface area contributed by atoms with Crippen LogP contribution in [0.3, 0.4) is 0 Å². The molecule has 0 fully saturated rings. The molecule has 3 rings (SSSR count). The van der Waals surface area contributed by atoms with Gasteiger partial charge in [0.05, 0.1) is 24.2 Å². The molecule has 0 radical (unpaired) electrons. The first kappa shape index (κ1) is 20.6. The second-order valence-electron chi connectivity index (χ2n) is 6.32. The maximum atomic E-state index is 12.4. The van der Waals surface area contributed by atoms with E-state index in [1.54, 1.807) is 29.2 Å². The molecular weight excluding hydrogens is 389 g/mol. The van der Waals surface area contributed by atoms with Gasteiger partial charge in [-0.3, -0.25) is 14.5 Å². The molecule has 0 saturated heterocycles. The van der Waals surface area contributed by atoms with Crippen LogP contribution in [0.15, 0.2) is 42.7 Å². The van der Waals surface area contributed by atoms with Crippen LogP contribution >= 0.6 is 0 Å². The van der Waals surface area contributed by atoms with E-state index >= 15 is 0 Å². The van der Waals surface area contributed by atoms with Crippen molar-refractivity contribution in [2.24, 2.45) is 0 Å². The molecule has 0 unspecified atom stereocenters. The molecule has 0 aliphatic rings. The van der Waals surface area contributed by atoms with Gasteiger partial charge in [0, 0.05) is 30.9 Å². The number of hydrogen-bond acceptors (Lipinski definition) is 5. The third-order valence-electron chi connectivity index (χ3n) is 4.03. The number of aliphatic hydroxyl groups excluding tert-OH is 1. The topological polar surface area (TPSA) is 89.3 Å². The Morgan fingerprint density at radius 1 is 1.28 bits per heavy atom. The molecule has 2 N–H and O–H groups in total. The number of aromatic nitrogens is 3. The maximum absolute atomic E-state index is 12.4. The Morgan fingerprint density at radius 2 is 2.10 bits per heavy atom. The summed E-state index contributed by atoms with van der Waals surface area (Å²) >= 11 is 0. The quantitative estimate of drug-likeness (QED) is 0.559. The van der Waals surface area contributed by atoms with Crippen molar-refractivity contribution in [1.29, 1.82) is 0 Å². The summed E-state index contributed by atoms with van der Waals surface area (Å²) in [6.07, 6.45) is -0.969. The van der Waals surface area contributed by atoms with Crippen LogP contribution in [0, 0.1) is 0 Å². The lowest BCUT2D eigenvalue weighted by atomic mass is 10.2. The zero-order valence-corrected chi connectivity index (χ0v) is 15.3. The summed E-state index contributed by atoms with van der Waals surface area (Å²) in [5, 5.41) is 16.6. The predicted molar refractivity (Wildman–Crippen MR) is 98.2 cm³/mol. The monoisotopic (exact) mass is 408 g/mol. The van der Waals surface area contributed by atoms with Crippen molar-refractivity contribution in [3.8, 4) is 5.75 Å². The number of halogens is 3. The van der Waals surface area contributed by atoms with Crippen molar-refractivity contribution >= 4 is 16.8 Å². The number of aliphatic hydroxyl groups is 1. The van der Waals surface area contributed by atoms with Gasteiger partial charge in [0.2, 0.25) is 5.91 Å². The molecule has 1 amide bonds. The number of benzene rings is 1. The highest BCUT2D eigenvalue weighted by molar-refractivity contribution is 5.86. The van der Waals surface area contributed by atoms with Crippen molar-refractivity contribution in [3.63, 3.8) is 0 Å². The largest absolute Gasteiger partial charge is 0.573 e. The molecule has 0 spiro atoms. The van der Waals surface area contributed by atoms with E-state index in [2.05, 4.69) is 20.1 Å². The normalized spacial score (nSPS) is 11.6. The Labute approximate surface area is 164 Å². The van der Waals surface area contributed by atoms with Gasteiger partial charge in [-0.15, -0.1) is 13.2 Å². The summed E-state index contributed by atoms with van der Waals surface area (Å²) in [5.74, 6) is -0.517. The number of nitrogens with zero attached hydrogens (tertiary/aromatic N) is 3. The van der Waals surface area contributed by atoms with Crippen molar-refractivity contribution in [2.75, 3.05) is 13.2 Å². The van der Waals surface area contributed by atoms with Crippen LogP contribution < -0.4 is 10.1 Å². The number of rotatable bonds is 8. The first-order valence-corrected chi connectivity index (χ1v) is 8.87. The highest BCUT2D eigenvalue weighted by atomic mass is 19.4. The van der Waals surface area contributed by atoms with Crippen LogP contribution in [-0.2, 0) is 17.8 Å². The Kier molecular flexibility index (Phi) is 6.32. The van der Waals surface area contributed by atoms with Crippen molar-refractivity contribution in [3.05, 3.63) is 54.0 Å². The number of amides is 1. The van der Waals surface area contributed by atoms with Gasteiger partial charge in [0.15, 0.2) is 0 Å². The summed E-state index contributed by atoms with van der Waals surface area (Å²) < 4.78 is 42.7. The predicted octanol–water partition coefficient (Wildman–Crippen LogP) is 2.42. The average molecular weight is 408 g/mol. The Hall–Kier alpha value is -3.14. The minimum Gasteiger partial charge on any atom is -0.406 e. The Bertz CT molecular complexity index is 988. The van der Waals surface area contributed by atoms with E-state index in [1.165, 1.54) is 18.2 Å². The molecular formula is C19H19F3N4O3. The van der Waals surface area contributed by atoms with Crippen molar-refractivity contribution in [2.45, 2.75) is 25.7 Å². The first-order chi connectivity index (χ1) is 13.8. The lowest BCUT2D eigenvalue weighted by molar-refractivity contribution is -0.274. The molecule has 29 heavy (non-hydrogen) atoms. The number of hydrogen-bond donors (Lipinski definition) is 2. The van der Waals surface area contributed by atoms with E-state index in [0.717, 1.165) is 0 Å². The SMILES string of the molecule is O=C(Cc1nccc2nn(Cc3cccc(OC(F)(F)F)c3)cc12)NCCCO. The minimum absolute atomic E-state index is 0.00388. The molecule has 0 saturated carbocycles. The third-order valence-corrected chi connectivity index (χ3v) is 4.03. The number of alkyl halides is 3. The zero-order valence-electron chi connectivity index (χ0n) is 15.3. The number of nitrogens with one attached hydrogen (secondary N) is 1. The van der Waals surface area contributed by atoms with Crippen molar-refractivity contribution < 1.29 is 27.8 Å². The van der Waals surface area contributed by atoms with Gasteiger partial charge in [0.25, 0.3) is 0 Å². The van der Waals surface area contributed by atoms with Gasteiger partial charge in [0.1, 0.15) is 5.75 Å². The highest BCUT2D eigenvalue weighted by Gasteiger charge is 2.31. The molecule has 3 aromatic rings. The summed E-state index contributed by atoms with van der Waals surface area (Å²) in [6.45, 7) is 0.600. The molecule has 1 aromatic carbocycles. The second-order valence-corrected chi connectivity index (χ2v) is 6.32. The van der Waals surface area contributed by atoms with Crippen LogP contribution in [0.25, 0.3) is 10.9 Å². The summed E-state index contributed by atoms with van der Waals surface area (Å²) in [7, 11) is 0. The van der Waals surface area contributed by atoms with Gasteiger partial charge < -0.3 is 15.2 Å². The van der Waals surface area contributed by atoms with E-state index in [1.807, 2.05) is 0 Å². The molecule has 0 aliphatic carbocycles. The first-order valence-electron chi connectivity index (χ1n) is 8.87. The lowest BCUT2D eigenvalue weighted by Crippen LogP contribution is -2.26.